The van der Waals surface area contributed by atoms with Gasteiger partial charge in [-0.3, -0.25) is 4.79 Å². The van der Waals surface area contributed by atoms with Gasteiger partial charge in [-0.05, 0) is 37.1 Å². The number of carbonyl (C=O) groups is 1. The van der Waals surface area contributed by atoms with Gasteiger partial charge in [-0.25, -0.2) is 0 Å². The number of hydrogen-bond donors (Lipinski definition) is 1. The minimum atomic E-state index is -0.327. The van der Waals surface area contributed by atoms with Crippen LogP contribution in [0.2, 0.25) is 0 Å². The Morgan fingerprint density at radius 3 is 2.63 bits per heavy atom. The molecule has 1 aromatic rings. The molecule has 0 saturated carbocycles. The minimum Gasteiger partial charge on any atom is -0.497 e. The highest BCUT2D eigenvalue weighted by Crippen LogP contribution is 2.31. The lowest BCUT2D eigenvalue weighted by atomic mass is 9.84. The van der Waals surface area contributed by atoms with Crippen molar-refractivity contribution in [2.24, 2.45) is 5.41 Å². The predicted molar refractivity (Wildman–Crippen MR) is 73.0 cm³/mol. The van der Waals surface area contributed by atoms with Gasteiger partial charge >= 0.3 is 5.97 Å². The van der Waals surface area contributed by atoms with Gasteiger partial charge in [0.25, 0.3) is 0 Å². The Morgan fingerprint density at radius 2 is 2.11 bits per heavy atom. The maximum Gasteiger partial charge on any atom is 0.313 e. The molecule has 1 aliphatic heterocycles. The van der Waals surface area contributed by atoms with Crippen LogP contribution in [-0.4, -0.2) is 26.2 Å². The van der Waals surface area contributed by atoms with E-state index in [2.05, 4.69) is 5.32 Å². The number of esters is 1. The Hall–Kier alpha value is -1.55. The highest BCUT2D eigenvalue weighted by molar-refractivity contribution is 5.77. The van der Waals surface area contributed by atoms with Crippen molar-refractivity contribution in [2.75, 3.05) is 20.2 Å². The van der Waals surface area contributed by atoms with Gasteiger partial charge in [0.1, 0.15) is 12.4 Å². The Labute approximate surface area is 114 Å². The summed E-state index contributed by atoms with van der Waals surface area (Å²) in [5.74, 6) is 0.718. The normalized spacial score (nSPS) is 22.2. The van der Waals surface area contributed by atoms with Gasteiger partial charge < -0.3 is 14.8 Å². The first-order valence-corrected chi connectivity index (χ1v) is 6.71. The lowest BCUT2D eigenvalue weighted by Crippen LogP contribution is -2.34. The van der Waals surface area contributed by atoms with E-state index in [0.29, 0.717) is 6.61 Å². The summed E-state index contributed by atoms with van der Waals surface area (Å²) in [6.07, 6.45) is 1.69. The first kappa shape index (κ1) is 13.9. The third kappa shape index (κ3) is 3.07. The van der Waals surface area contributed by atoms with Crippen molar-refractivity contribution >= 4 is 5.97 Å². The summed E-state index contributed by atoms with van der Waals surface area (Å²) in [5.41, 5.74) is 0.651. The highest BCUT2D eigenvalue weighted by atomic mass is 16.5. The van der Waals surface area contributed by atoms with Gasteiger partial charge in [0.15, 0.2) is 0 Å². The number of nitrogens with one attached hydrogen (secondary N) is 1. The molecule has 0 aromatic heterocycles. The zero-order valence-electron chi connectivity index (χ0n) is 11.6. The molecule has 1 atom stereocenters. The monoisotopic (exact) mass is 263 g/mol. The summed E-state index contributed by atoms with van der Waals surface area (Å²) in [5, 5.41) is 3.24. The summed E-state index contributed by atoms with van der Waals surface area (Å²) in [6, 6.07) is 7.57. The molecule has 104 valence electrons. The van der Waals surface area contributed by atoms with Crippen LogP contribution in [0.25, 0.3) is 0 Å². The first-order valence-electron chi connectivity index (χ1n) is 6.71. The van der Waals surface area contributed by atoms with Crippen LogP contribution >= 0.6 is 0 Å². The number of carbonyl (C=O) groups excluding carboxylic acids is 1. The summed E-state index contributed by atoms with van der Waals surface area (Å²) in [4.78, 5) is 12.2. The lowest BCUT2D eigenvalue weighted by molar-refractivity contribution is -0.156. The van der Waals surface area contributed by atoms with Crippen molar-refractivity contribution in [2.45, 2.75) is 26.4 Å². The number of benzene rings is 1. The molecule has 0 aliphatic carbocycles. The Balaban J connectivity index is 1.92. The van der Waals surface area contributed by atoms with Crippen LogP contribution in [-0.2, 0) is 16.1 Å². The third-order valence-corrected chi connectivity index (χ3v) is 3.88. The van der Waals surface area contributed by atoms with Gasteiger partial charge in [-0.2, -0.15) is 0 Å². The predicted octanol–water partition coefficient (Wildman–Crippen LogP) is 2.13. The van der Waals surface area contributed by atoms with Crippen molar-refractivity contribution < 1.29 is 14.3 Å². The molecule has 19 heavy (non-hydrogen) atoms. The molecule has 1 heterocycles. The van der Waals surface area contributed by atoms with E-state index in [0.717, 1.165) is 37.2 Å². The van der Waals surface area contributed by atoms with Crippen LogP contribution in [0, 0.1) is 5.41 Å². The maximum atomic E-state index is 12.2. The van der Waals surface area contributed by atoms with Crippen LogP contribution in [0.5, 0.6) is 5.75 Å². The molecule has 2 rings (SSSR count). The average Bonchev–Trinajstić information content (AvgIpc) is 2.95. The summed E-state index contributed by atoms with van der Waals surface area (Å²) in [7, 11) is 1.63. The Bertz CT molecular complexity index is 422. The largest absolute Gasteiger partial charge is 0.497 e. The molecule has 4 heteroatoms. The van der Waals surface area contributed by atoms with Crippen molar-refractivity contribution in [3.63, 3.8) is 0 Å². The molecule has 1 saturated heterocycles. The second kappa shape index (κ2) is 6.06. The second-order valence-corrected chi connectivity index (χ2v) is 4.98. The fourth-order valence-corrected chi connectivity index (χ4v) is 2.39. The molecule has 1 unspecified atom stereocenters. The average molecular weight is 263 g/mol. The standard InChI is InChI=1S/C15H21NO3/c1-3-15(8-9-16-11-15)14(17)19-10-12-4-6-13(18-2)7-5-12/h4-7,16H,3,8-11H2,1-2H3. The van der Waals surface area contributed by atoms with E-state index in [1.807, 2.05) is 31.2 Å². The number of hydrogen-bond acceptors (Lipinski definition) is 4. The van der Waals surface area contributed by atoms with Gasteiger partial charge in [0.2, 0.25) is 0 Å². The van der Waals surface area contributed by atoms with Crippen LogP contribution < -0.4 is 10.1 Å². The zero-order chi connectivity index (χ0) is 13.7. The fraction of sp³-hybridized carbons (Fsp3) is 0.533. The molecular weight excluding hydrogens is 242 g/mol. The Morgan fingerprint density at radius 1 is 1.37 bits per heavy atom. The molecule has 1 aromatic carbocycles. The van der Waals surface area contributed by atoms with E-state index < -0.39 is 0 Å². The van der Waals surface area contributed by atoms with Crippen LogP contribution in [0.15, 0.2) is 24.3 Å². The van der Waals surface area contributed by atoms with Gasteiger partial charge in [0.05, 0.1) is 12.5 Å². The van der Waals surface area contributed by atoms with E-state index in [4.69, 9.17) is 9.47 Å². The SMILES string of the molecule is CCC1(C(=O)OCc2ccc(OC)cc2)CCNC1. The van der Waals surface area contributed by atoms with E-state index in [-0.39, 0.29) is 11.4 Å². The van der Waals surface area contributed by atoms with E-state index >= 15 is 0 Å². The molecular formula is C15H21NO3. The molecule has 0 bridgehead atoms. The molecule has 0 spiro atoms. The third-order valence-electron chi connectivity index (χ3n) is 3.88. The van der Waals surface area contributed by atoms with Crippen LogP contribution in [0.1, 0.15) is 25.3 Å². The second-order valence-electron chi connectivity index (χ2n) is 4.98. The molecule has 1 aliphatic rings. The van der Waals surface area contributed by atoms with Crippen molar-refractivity contribution in [1.29, 1.82) is 0 Å². The summed E-state index contributed by atoms with van der Waals surface area (Å²) >= 11 is 0. The molecule has 1 fully saturated rings. The Kier molecular flexibility index (Phi) is 4.43. The minimum absolute atomic E-state index is 0.0872. The number of methoxy groups -OCH3 is 1. The number of rotatable bonds is 5. The molecule has 0 radical (unpaired) electrons. The first-order chi connectivity index (χ1) is 9.20. The molecule has 4 nitrogen and oxygen atoms in total. The van der Waals surface area contributed by atoms with Gasteiger partial charge in [0, 0.05) is 6.54 Å². The molecule has 1 N–H and O–H groups in total. The maximum absolute atomic E-state index is 12.2. The zero-order valence-corrected chi connectivity index (χ0v) is 11.6. The fourth-order valence-electron chi connectivity index (χ4n) is 2.39. The topological polar surface area (TPSA) is 47.6 Å². The highest BCUT2D eigenvalue weighted by Gasteiger charge is 2.40. The smallest absolute Gasteiger partial charge is 0.313 e. The number of ether oxygens (including phenoxy) is 2. The quantitative estimate of drug-likeness (QED) is 0.827. The summed E-state index contributed by atoms with van der Waals surface area (Å²) < 4.78 is 10.6. The van der Waals surface area contributed by atoms with Crippen LogP contribution in [0.3, 0.4) is 0 Å². The van der Waals surface area contributed by atoms with Gasteiger partial charge in [-0.15, -0.1) is 0 Å². The lowest BCUT2D eigenvalue weighted by Gasteiger charge is -2.24. The van der Waals surface area contributed by atoms with Crippen molar-refractivity contribution in [1.82, 2.24) is 5.32 Å². The van der Waals surface area contributed by atoms with E-state index in [1.165, 1.54) is 0 Å². The van der Waals surface area contributed by atoms with E-state index in [9.17, 15) is 4.79 Å². The molecule has 0 amide bonds. The van der Waals surface area contributed by atoms with Crippen LogP contribution in [0.4, 0.5) is 0 Å². The van der Waals surface area contributed by atoms with Gasteiger partial charge in [-0.1, -0.05) is 19.1 Å². The van der Waals surface area contributed by atoms with E-state index in [1.54, 1.807) is 7.11 Å². The summed E-state index contributed by atoms with van der Waals surface area (Å²) in [6.45, 7) is 3.99. The van der Waals surface area contributed by atoms with Crippen molar-refractivity contribution in [3.05, 3.63) is 29.8 Å². The van der Waals surface area contributed by atoms with Crippen molar-refractivity contribution in [3.8, 4) is 5.75 Å².